The normalized spacial score (nSPS) is 12.7. The van der Waals surface area contributed by atoms with E-state index in [2.05, 4.69) is 5.32 Å². The van der Waals surface area contributed by atoms with Crippen molar-refractivity contribution in [3.63, 3.8) is 0 Å². The van der Waals surface area contributed by atoms with Crippen LogP contribution in [0.3, 0.4) is 0 Å². The van der Waals surface area contributed by atoms with E-state index in [0.29, 0.717) is 25.3 Å². The predicted octanol–water partition coefficient (Wildman–Crippen LogP) is 2.34. The Bertz CT molecular complexity index is 291. The van der Waals surface area contributed by atoms with Crippen LogP contribution < -0.4 is 5.32 Å². The van der Waals surface area contributed by atoms with Crippen molar-refractivity contribution in [2.45, 2.75) is 26.4 Å². The zero-order valence-corrected chi connectivity index (χ0v) is 9.29. The summed E-state index contributed by atoms with van der Waals surface area (Å²) in [5.74, 6) is -0.159. The summed E-state index contributed by atoms with van der Waals surface area (Å²) in [5.41, 5.74) is 0.695. The van der Waals surface area contributed by atoms with Gasteiger partial charge in [-0.15, -0.1) is 0 Å². The summed E-state index contributed by atoms with van der Waals surface area (Å²) in [6.07, 6.45) is 0. The summed E-state index contributed by atoms with van der Waals surface area (Å²) in [6.45, 7) is 5.90. The first-order valence-electron chi connectivity index (χ1n) is 5.28. The molecule has 0 aliphatic heterocycles. The second-order valence-electron chi connectivity index (χ2n) is 3.53. The molecule has 0 fully saturated rings. The van der Waals surface area contributed by atoms with Crippen LogP contribution in [-0.2, 0) is 11.3 Å². The average Bonchev–Trinajstić information content (AvgIpc) is 2.25. The lowest BCUT2D eigenvalue weighted by Crippen LogP contribution is -2.30. The summed E-state index contributed by atoms with van der Waals surface area (Å²) in [4.78, 5) is 0. The molecule has 0 radical (unpaired) electrons. The summed E-state index contributed by atoms with van der Waals surface area (Å²) in [7, 11) is 0. The van der Waals surface area contributed by atoms with Crippen LogP contribution in [0.4, 0.5) is 4.39 Å². The zero-order valence-electron chi connectivity index (χ0n) is 9.29. The number of rotatable bonds is 6. The Morgan fingerprint density at radius 1 is 1.40 bits per heavy atom. The number of halogens is 1. The minimum absolute atomic E-state index is 0.159. The highest BCUT2D eigenvalue weighted by molar-refractivity contribution is 5.16. The van der Waals surface area contributed by atoms with Gasteiger partial charge in [-0.3, -0.25) is 0 Å². The summed E-state index contributed by atoms with van der Waals surface area (Å²) >= 11 is 0. The molecule has 0 spiro atoms. The molecule has 0 bridgehead atoms. The van der Waals surface area contributed by atoms with Crippen molar-refractivity contribution in [1.29, 1.82) is 0 Å². The molecule has 1 N–H and O–H groups in total. The maximum atomic E-state index is 13.2. The van der Waals surface area contributed by atoms with Crippen LogP contribution in [-0.4, -0.2) is 19.3 Å². The number of ether oxygens (including phenoxy) is 1. The van der Waals surface area contributed by atoms with Gasteiger partial charge in [-0.2, -0.15) is 0 Å². The largest absolute Gasteiger partial charge is 0.380 e. The van der Waals surface area contributed by atoms with E-state index in [0.717, 1.165) is 0 Å². The van der Waals surface area contributed by atoms with Crippen molar-refractivity contribution in [2.24, 2.45) is 0 Å². The third kappa shape index (κ3) is 4.40. The van der Waals surface area contributed by atoms with Crippen LogP contribution in [0, 0.1) is 5.82 Å². The fourth-order valence-corrected chi connectivity index (χ4v) is 1.28. The van der Waals surface area contributed by atoms with E-state index in [9.17, 15) is 4.39 Å². The topological polar surface area (TPSA) is 21.3 Å². The number of benzene rings is 1. The van der Waals surface area contributed by atoms with E-state index >= 15 is 0 Å². The van der Waals surface area contributed by atoms with Gasteiger partial charge in [0.1, 0.15) is 5.82 Å². The minimum Gasteiger partial charge on any atom is -0.380 e. The molecule has 1 unspecified atom stereocenters. The zero-order chi connectivity index (χ0) is 11.1. The Hall–Kier alpha value is -0.930. The van der Waals surface area contributed by atoms with Crippen molar-refractivity contribution in [3.8, 4) is 0 Å². The van der Waals surface area contributed by atoms with E-state index < -0.39 is 0 Å². The molecule has 84 valence electrons. The van der Waals surface area contributed by atoms with Gasteiger partial charge in [0.05, 0.1) is 6.61 Å². The van der Waals surface area contributed by atoms with Gasteiger partial charge in [0.15, 0.2) is 0 Å². The van der Waals surface area contributed by atoms with Gasteiger partial charge >= 0.3 is 0 Å². The lowest BCUT2D eigenvalue weighted by Gasteiger charge is -2.13. The molecule has 0 saturated heterocycles. The van der Waals surface area contributed by atoms with Gasteiger partial charge in [0.2, 0.25) is 0 Å². The molecule has 0 aliphatic carbocycles. The second-order valence-corrected chi connectivity index (χ2v) is 3.53. The van der Waals surface area contributed by atoms with Crippen molar-refractivity contribution >= 4 is 0 Å². The molecule has 3 heteroatoms. The SMILES string of the molecule is CCOCC(C)NCc1ccccc1F. The maximum absolute atomic E-state index is 13.2. The monoisotopic (exact) mass is 211 g/mol. The molecule has 0 amide bonds. The molecular formula is C12H18FNO. The van der Waals surface area contributed by atoms with Crippen molar-refractivity contribution in [2.75, 3.05) is 13.2 Å². The molecule has 0 saturated carbocycles. The smallest absolute Gasteiger partial charge is 0.127 e. The van der Waals surface area contributed by atoms with E-state index in [1.165, 1.54) is 6.07 Å². The Morgan fingerprint density at radius 3 is 2.80 bits per heavy atom. The van der Waals surface area contributed by atoms with Gasteiger partial charge in [0.25, 0.3) is 0 Å². The predicted molar refractivity (Wildman–Crippen MR) is 59.2 cm³/mol. The lowest BCUT2D eigenvalue weighted by molar-refractivity contribution is 0.127. The van der Waals surface area contributed by atoms with Gasteiger partial charge in [-0.05, 0) is 19.9 Å². The molecule has 1 atom stereocenters. The quantitative estimate of drug-likeness (QED) is 0.779. The first-order valence-corrected chi connectivity index (χ1v) is 5.28. The van der Waals surface area contributed by atoms with Gasteiger partial charge in [-0.1, -0.05) is 18.2 Å². The molecule has 1 aromatic carbocycles. The van der Waals surface area contributed by atoms with Crippen LogP contribution in [0.1, 0.15) is 19.4 Å². The van der Waals surface area contributed by atoms with Gasteiger partial charge in [0, 0.05) is 24.8 Å². The molecular weight excluding hydrogens is 193 g/mol. The summed E-state index contributed by atoms with van der Waals surface area (Å²) in [6, 6.07) is 7.04. The standard InChI is InChI=1S/C12H18FNO/c1-3-15-9-10(2)14-8-11-6-4-5-7-12(11)13/h4-7,10,14H,3,8-9H2,1-2H3. The Balaban J connectivity index is 2.33. The van der Waals surface area contributed by atoms with Crippen LogP contribution in [0.5, 0.6) is 0 Å². The Morgan fingerprint density at radius 2 is 2.13 bits per heavy atom. The summed E-state index contributed by atoms with van der Waals surface area (Å²) < 4.78 is 18.5. The first kappa shape index (κ1) is 12.1. The van der Waals surface area contributed by atoms with Gasteiger partial charge < -0.3 is 10.1 Å². The van der Waals surface area contributed by atoms with E-state index in [1.807, 2.05) is 19.9 Å². The number of hydrogen-bond donors (Lipinski definition) is 1. The molecule has 2 nitrogen and oxygen atoms in total. The average molecular weight is 211 g/mol. The van der Waals surface area contributed by atoms with Gasteiger partial charge in [-0.25, -0.2) is 4.39 Å². The fraction of sp³-hybridized carbons (Fsp3) is 0.500. The molecule has 0 aliphatic rings. The first-order chi connectivity index (χ1) is 7.24. The van der Waals surface area contributed by atoms with Crippen LogP contribution in [0.15, 0.2) is 24.3 Å². The van der Waals surface area contributed by atoms with Crippen molar-refractivity contribution < 1.29 is 9.13 Å². The summed E-state index contributed by atoms with van der Waals surface area (Å²) in [5, 5.41) is 3.21. The number of hydrogen-bond acceptors (Lipinski definition) is 2. The highest BCUT2D eigenvalue weighted by Gasteiger charge is 2.03. The van der Waals surface area contributed by atoms with E-state index in [-0.39, 0.29) is 11.9 Å². The Kier molecular flexibility index (Phi) is 5.29. The molecule has 15 heavy (non-hydrogen) atoms. The molecule has 1 aromatic rings. The van der Waals surface area contributed by atoms with Crippen LogP contribution in [0.2, 0.25) is 0 Å². The molecule has 1 rings (SSSR count). The van der Waals surface area contributed by atoms with E-state index in [4.69, 9.17) is 4.74 Å². The number of nitrogens with one attached hydrogen (secondary N) is 1. The third-order valence-corrected chi connectivity index (χ3v) is 2.17. The van der Waals surface area contributed by atoms with Crippen LogP contribution >= 0.6 is 0 Å². The lowest BCUT2D eigenvalue weighted by atomic mass is 10.2. The van der Waals surface area contributed by atoms with Crippen molar-refractivity contribution in [1.82, 2.24) is 5.32 Å². The molecule has 0 heterocycles. The minimum atomic E-state index is -0.159. The third-order valence-electron chi connectivity index (χ3n) is 2.17. The highest BCUT2D eigenvalue weighted by Crippen LogP contribution is 2.05. The maximum Gasteiger partial charge on any atom is 0.127 e. The Labute approximate surface area is 90.4 Å². The molecule has 0 aromatic heterocycles. The fourth-order valence-electron chi connectivity index (χ4n) is 1.28. The van der Waals surface area contributed by atoms with Crippen LogP contribution in [0.25, 0.3) is 0 Å². The van der Waals surface area contributed by atoms with Crippen molar-refractivity contribution in [3.05, 3.63) is 35.6 Å². The van der Waals surface area contributed by atoms with E-state index in [1.54, 1.807) is 12.1 Å². The highest BCUT2D eigenvalue weighted by atomic mass is 19.1. The second kappa shape index (κ2) is 6.53.